The van der Waals surface area contributed by atoms with Crippen molar-refractivity contribution in [3.8, 4) is 0 Å². The van der Waals surface area contributed by atoms with Crippen molar-refractivity contribution in [1.82, 2.24) is 0 Å². The van der Waals surface area contributed by atoms with Gasteiger partial charge in [-0.1, -0.05) is 13.3 Å². The molecule has 0 spiro atoms. The summed E-state index contributed by atoms with van der Waals surface area (Å²) in [5, 5.41) is 2.62. The molecule has 5 heteroatoms. The van der Waals surface area contributed by atoms with Crippen molar-refractivity contribution in [2.75, 3.05) is 5.32 Å². The smallest absolute Gasteiger partial charge is 0.326 e. The lowest BCUT2D eigenvalue weighted by molar-refractivity contribution is -0.137. The van der Waals surface area contributed by atoms with Crippen LogP contribution in [0.3, 0.4) is 0 Å². The van der Waals surface area contributed by atoms with Gasteiger partial charge >= 0.3 is 6.18 Å². The molecule has 1 amide bonds. The van der Waals surface area contributed by atoms with E-state index in [0.29, 0.717) is 17.7 Å². The Morgan fingerprint density at radius 3 is 2.50 bits per heavy atom. The molecule has 1 aromatic carbocycles. The lowest BCUT2D eigenvalue weighted by Crippen LogP contribution is -2.13. The van der Waals surface area contributed by atoms with Crippen LogP contribution in [-0.2, 0) is 11.0 Å². The van der Waals surface area contributed by atoms with Gasteiger partial charge in [0, 0.05) is 12.1 Å². The van der Waals surface area contributed by atoms with E-state index >= 15 is 0 Å². The van der Waals surface area contributed by atoms with E-state index in [4.69, 9.17) is 0 Å². The molecule has 0 bridgehead atoms. The summed E-state index contributed by atoms with van der Waals surface area (Å²) in [5.41, 5.74) is 0.144. The Labute approximate surface area is 104 Å². The summed E-state index contributed by atoms with van der Waals surface area (Å²) in [6.45, 7) is 3.52. The number of hydrogen-bond donors (Lipinski definition) is 1. The average molecular weight is 259 g/mol. The maximum atomic E-state index is 12.4. The van der Waals surface area contributed by atoms with Gasteiger partial charge in [0.25, 0.3) is 0 Å². The van der Waals surface area contributed by atoms with Crippen LogP contribution in [-0.4, -0.2) is 5.91 Å². The fourth-order valence-corrected chi connectivity index (χ4v) is 1.53. The summed E-state index contributed by atoms with van der Waals surface area (Å²) in [6, 6.07) is 3.31. The second-order valence-corrected chi connectivity index (χ2v) is 4.18. The second kappa shape index (κ2) is 5.89. The molecular weight excluding hydrogens is 243 g/mol. The van der Waals surface area contributed by atoms with E-state index in [9.17, 15) is 18.0 Å². The third-order valence-electron chi connectivity index (χ3n) is 2.59. The minimum Gasteiger partial charge on any atom is -0.326 e. The Hall–Kier alpha value is -1.52. The van der Waals surface area contributed by atoms with Gasteiger partial charge in [-0.15, -0.1) is 0 Å². The Bertz CT molecular complexity index is 427. The molecule has 1 rings (SSSR count). The van der Waals surface area contributed by atoms with Crippen molar-refractivity contribution in [2.24, 2.45) is 0 Å². The molecule has 2 nitrogen and oxygen atoms in total. The number of carbonyl (C=O) groups is 1. The second-order valence-electron chi connectivity index (χ2n) is 4.18. The van der Waals surface area contributed by atoms with E-state index in [1.807, 2.05) is 6.92 Å². The van der Waals surface area contributed by atoms with Gasteiger partial charge in [0.2, 0.25) is 5.91 Å². The van der Waals surface area contributed by atoms with Crippen LogP contribution in [0.1, 0.15) is 37.3 Å². The zero-order valence-corrected chi connectivity index (χ0v) is 10.4. The highest BCUT2D eigenvalue weighted by atomic mass is 19.4. The number of hydrogen-bond acceptors (Lipinski definition) is 1. The van der Waals surface area contributed by atoms with Crippen molar-refractivity contribution in [3.05, 3.63) is 29.3 Å². The third-order valence-corrected chi connectivity index (χ3v) is 2.59. The summed E-state index contributed by atoms with van der Waals surface area (Å²) in [7, 11) is 0. The first-order valence-electron chi connectivity index (χ1n) is 5.82. The van der Waals surface area contributed by atoms with Crippen LogP contribution < -0.4 is 5.32 Å². The van der Waals surface area contributed by atoms with Crippen LogP contribution in [0.15, 0.2) is 18.2 Å². The van der Waals surface area contributed by atoms with Gasteiger partial charge in [-0.25, -0.2) is 0 Å². The lowest BCUT2D eigenvalue weighted by Gasteiger charge is -2.12. The molecule has 0 heterocycles. The highest BCUT2D eigenvalue weighted by Crippen LogP contribution is 2.31. The molecule has 18 heavy (non-hydrogen) atoms. The summed E-state index contributed by atoms with van der Waals surface area (Å²) in [6.07, 6.45) is -2.29. The third kappa shape index (κ3) is 4.05. The predicted molar refractivity (Wildman–Crippen MR) is 64.3 cm³/mol. The number of unbranched alkanes of at least 4 members (excludes halogenated alkanes) is 1. The molecule has 1 N–H and O–H groups in total. The molecule has 0 radical (unpaired) electrons. The Morgan fingerprint density at radius 1 is 1.33 bits per heavy atom. The predicted octanol–water partition coefficient (Wildman–Crippen LogP) is 4.14. The van der Waals surface area contributed by atoms with Crippen LogP contribution in [0.25, 0.3) is 0 Å². The Kier molecular flexibility index (Phi) is 4.76. The first-order valence-corrected chi connectivity index (χ1v) is 5.82. The molecule has 100 valence electrons. The molecule has 0 atom stereocenters. The van der Waals surface area contributed by atoms with E-state index in [0.717, 1.165) is 25.0 Å². The quantitative estimate of drug-likeness (QED) is 0.865. The molecule has 1 aromatic rings. The van der Waals surface area contributed by atoms with Crippen molar-refractivity contribution in [2.45, 2.75) is 39.3 Å². The Balaban J connectivity index is 2.77. The normalized spacial score (nSPS) is 11.4. The van der Waals surface area contributed by atoms with E-state index in [2.05, 4.69) is 5.32 Å². The number of nitrogens with one attached hydrogen (secondary N) is 1. The molecular formula is C13H16F3NO. The molecule has 0 aliphatic heterocycles. The van der Waals surface area contributed by atoms with Gasteiger partial charge in [0.1, 0.15) is 0 Å². The molecule has 0 saturated heterocycles. The van der Waals surface area contributed by atoms with Gasteiger partial charge in [0.15, 0.2) is 0 Å². The first kappa shape index (κ1) is 14.5. The lowest BCUT2D eigenvalue weighted by atomic mass is 10.1. The van der Waals surface area contributed by atoms with Crippen LogP contribution in [0, 0.1) is 6.92 Å². The monoisotopic (exact) mass is 259 g/mol. The summed E-state index contributed by atoms with van der Waals surface area (Å²) >= 11 is 0. The minimum absolute atomic E-state index is 0.167. The largest absolute Gasteiger partial charge is 0.416 e. The Morgan fingerprint density at radius 2 is 2.00 bits per heavy atom. The number of anilines is 1. The molecule has 0 aliphatic carbocycles. The van der Waals surface area contributed by atoms with E-state index in [1.54, 1.807) is 6.92 Å². The van der Waals surface area contributed by atoms with Gasteiger partial charge in [0.05, 0.1) is 5.56 Å². The highest BCUT2D eigenvalue weighted by molar-refractivity contribution is 5.91. The van der Waals surface area contributed by atoms with Crippen molar-refractivity contribution >= 4 is 11.6 Å². The number of amides is 1. The number of halogens is 3. The molecule has 0 fully saturated rings. The summed E-state index contributed by atoms with van der Waals surface area (Å²) < 4.78 is 37.3. The number of rotatable bonds is 4. The minimum atomic E-state index is -4.35. The van der Waals surface area contributed by atoms with E-state index in [-0.39, 0.29) is 5.91 Å². The zero-order chi connectivity index (χ0) is 13.8. The van der Waals surface area contributed by atoms with Crippen LogP contribution >= 0.6 is 0 Å². The SMILES string of the molecule is CCCCC(=O)Nc1ccc(C(F)(F)F)cc1C. The van der Waals surface area contributed by atoms with E-state index in [1.165, 1.54) is 6.07 Å². The van der Waals surface area contributed by atoms with Crippen molar-refractivity contribution < 1.29 is 18.0 Å². The number of aryl methyl sites for hydroxylation is 1. The van der Waals surface area contributed by atoms with Crippen LogP contribution in [0.5, 0.6) is 0 Å². The van der Waals surface area contributed by atoms with Gasteiger partial charge in [-0.05, 0) is 37.1 Å². The number of carbonyl (C=O) groups excluding carboxylic acids is 1. The maximum absolute atomic E-state index is 12.4. The molecule has 0 aliphatic rings. The first-order chi connectivity index (χ1) is 8.34. The highest BCUT2D eigenvalue weighted by Gasteiger charge is 2.30. The fourth-order valence-electron chi connectivity index (χ4n) is 1.53. The summed E-state index contributed by atoms with van der Waals surface area (Å²) in [5.74, 6) is -0.167. The van der Waals surface area contributed by atoms with Gasteiger partial charge < -0.3 is 5.32 Å². The number of alkyl halides is 3. The number of benzene rings is 1. The van der Waals surface area contributed by atoms with Crippen molar-refractivity contribution in [3.63, 3.8) is 0 Å². The summed E-state index contributed by atoms with van der Waals surface area (Å²) in [4.78, 5) is 11.5. The molecule has 0 aromatic heterocycles. The van der Waals surface area contributed by atoms with E-state index < -0.39 is 11.7 Å². The standard InChI is InChI=1S/C13H16F3NO/c1-3-4-5-12(18)17-11-7-6-10(8-9(11)2)13(14,15)16/h6-8H,3-5H2,1-2H3,(H,17,18). The molecule has 0 unspecified atom stereocenters. The van der Waals surface area contributed by atoms with Crippen LogP contribution in [0.2, 0.25) is 0 Å². The topological polar surface area (TPSA) is 29.1 Å². The fraction of sp³-hybridized carbons (Fsp3) is 0.462. The molecule has 0 saturated carbocycles. The zero-order valence-electron chi connectivity index (χ0n) is 10.4. The average Bonchev–Trinajstić information content (AvgIpc) is 2.27. The van der Waals surface area contributed by atoms with Gasteiger partial charge in [-0.3, -0.25) is 4.79 Å². The van der Waals surface area contributed by atoms with Gasteiger partial charge in [-0.2, -0.15) is 13.2 Å². The van der Waals surface area contributed by atoms with Crippen LogP contribution in [0.4, 0.5) is 18.9 Å². The maximum Gasteiger partial charge on any atom is 0.416 e. The van der Waals surface area contributed by atoms with Crippen molar-refractivity contribution in [1.29, 1.82) is 0 Å².